The topological polar surface area (TPSA) is 81.0 Å². The number of nitro groups is 1. The van der Waals surface area contributed by atoms with Gasteiger partial charge >= 0.3 is 0 Å². The molecule has 0 saturated heterocycles. The third-order valence-electron chi connectivity index (χ3n) is 2.39. The van der Waals surface area contributed by atoms with Gasteiger partial charge in [-0.2, -0.15) is 0 Å². The van der Waals surface area contributed by atoms with E-state index in [4.69, 9.17) is 0 Å². The summed E-state index contributed by atoms with van der Waals surface area (Å²) in [6.45, 7) is 4.70. The molecule has 1 aromatic carbocycles. The molecule has 0 fully saturated rings. The summed E-state index contributed by atoms with van der Waals surface area (Å²) in [6.07, 6.45) is 0.959. The predicted molar refractivity (Wildman–Crippen MR) is 80.6 cm³/mol. The molecule has 0 bridgehead atoms. The summed E-state index contributed by atoms with van der Waals surface area (Å²) in [5, 5.41) is 23.0. The Morgan fingerprint density at radius 3 is 2.80 bits per heavy atom. The largest absolute Gasteiger partial charge is 0.385 e. The van der Waals surface area contributed by atoms with Gasteiger partial charge in [0.2, 0.25) is 0 Å². The molecular formula is C12H14N4O2S2. The number of non-ortho nitro benzene ring substituents is 1. The van der Waals surface area contributed by atoms with Crippen LogP contribution in [0, 0.1) is 17.0 Å². The highest BCUT2D eigenvalue weighted by Crippen LogP contribution is 2.34. The van der Waals surface area contributed by atoms with E-state index in [0.717, 1.165) is 32.9 Å². The number of hydrogen-bond donors (Lipinski definition) is 1. The smallest absolute Gasteiger partial charge is 0.272 e. The molecule has 2 aromatic rings. The van der Waals surface area contributed by atoms with Crippen LogP contribution in [0.1, 0.15) is 18.4 Å². The first-order chi connectivity index (χ1) is 9.58. The van der Waals surface area contributed by atoms with Crippen molar-refractivity contribution in [1.82, 2.24) is 10.2 Å². The van der Waals surface area contributed by atoms with Crippen molar-refractivity contribution in [3.05, 3.63) is 33.3 Å². The number of nitrogens with zero attached hydrogens (tertiary/aromatic N) is 3. The van der Waals surface area contributed by atoms with E-state index in [1.54, 1.807) is 12.1 Å². The van der Waals surface area contributed by atoms with Crippen molar-refractivity contribution in [1.29, 1.82) is 0 Å². The Kier molecular flexibility index (Phi) is 4.91. The molecule has 0 amide bonds. The van der Waals surface area contributed by atoms with Crippen molar-refractivity contribution in [2.45, 2.75) is 29.5 Å². The molecule has 20 heavy (non-hydrogen) atoms. The molecule has 1 heterocycles. The van der Waals surface area contributed by atoms with Gasteiger partial charge in [0, 0.05) is 29.3 Å². The minimum atomic E-state index is -0.382. The van der Waals surface area contributed by atoms with Crippen LogP contribution in [-0.4, -0.2) is 21.7 Å². The Hall–Kier alpha value is -1.67. The molecular weight excluding hydrogens is 296 g/mol. The van der Waals surface area contributed by atoms with Crippen LogP contribution in [0.15, 0.2) is 27.4 Å². The van der Waals surface area contributed by atoms with Crippen LogP contribution in [0.2, 0.25) is 0 Å². The lowest BCUT2D eigenvalue weighted by Gasteiger charge is -2.06. The number of nitrogens with one attached hydrogen (secondary N) is 1. The van der Waals surface area contributed by atoms with Crippen molar-refractivity contribution in [2.75, 3.05) is 11.9 Å². The summed E-state index contributed by atoms with van der Waals surface area (Å²) in [5.74, 6) is 0. The molecule has 6 nitrogen and oxygen atoms in total. The zero-order valence-corrected chi connectivity index (χ0v) is 12.8. The Balaban J connectivity index is 2.26. The maximum atomic E-state index is 11.0. The van der Waals surface area contributed by atoms with Gasteiger partial charge in [-0.25, -0.2) is 0 Å². The van der Waals surface area contributed by atoms with Crippen LogP contribution >= 0.6 is 23.1 Å². The highest BCUT2D eigenvalue weighted by Gasteiger charge is 2.12. The van der Waals surface area contributed by atoms with Crippen LogP contribution in [0.3, 0.4) is 0 Å². The average molecular weight is 310 g/mol. The lowest BCUT2D eigenvalue weighted by Crippen LogP contribution is -2.00. The van der Waals surface area contributed by atoms with E-state index in [1.165, 1.54) is 23.1 Å². The summed E-state index contributed by atoms with van der Waals surface area (Å²) < 4.78 is 0.782. The quantitative estimate of drug-likeness (QED) is 0.647. The zero-order chi connectivity index (χ0) is 14.5. The van der Waals surface area contributed by atoms with Crippen molar-refractivity contribution in [3.8, 4) is 0 Å². The normalized spacial score (nSPS) is 10.5. The minimum Gasteiger partial charge on any atom is -0.385 e. The third kappa shape index (κ3) is 3.91. The number of aryl methyl sites for hydroxylation is 1. The van der Waals surface area contributed by atoms with Crippen LogP contribution in [-0.2, 0) is 0 Å². The number of benzene rings is 1. The van der Waals surface area contributed by atoms with E-state index < -0.39 is 0 Å². The van der Waals surface area contributed by atoms with E-state index in [0.29, 0.717) is 0 Å². The Morgan fingerprint density at radius 1 is 1.40 bits per heavy atom. The molecule has 2 rings (SSSR count). The number of hydrogen-bond acceptors (Lipinski definition) is 7. The SMILES string of the molecule is CCCNc1cc(Sc2nnc(C)s2)cc([N+](=O)[O-])c1. The molecule has 0 aliphatic heterocycles. The Morgan fingerprint density at radius 2 is 2.20 bits per heavy atom. The second-order valence-corrected chi connectivity index (χ2v) is 6.59. The van der Waals surface area contributed by atoms with Gasteiger partial charge in [0.15, 0.2) is 4.34 Å². The zero-order valence-electron chi connectivity index (χ0n) is 11.1. The van der Waals surface area contributed by atoms with Crippen molar-refractivity contribution >= 4 is 34.5 Å². The van der Waals surface area contributed by atoms with E-state index >= 15 is 0 Å². The molecule has 8 heteroatoms. The second kappa shape index (κ2) is 6.67. The molecule has 0 radical (unpaired) electrons. The second-order valence-electron chi connectivity index (χ2n) is 4.09. The van der Waals surface area contributed by atoms with Crippen LogP contribution in [0.4, 0.5) is 11.4 Å². The summed E-state index contributed by atoms with van der Waals surface area (Å²) in [7, 11) is 0. The lowest BCUT2D eigenvalue weighted by atomic mass is 10.2. The first-order valence-electron chi connectivity index (χ1n) is 6.10. The fourth-order valence-electron chi connectivity index (χ4n) is 1.54. The van der Waals surface area contributed by atoms with E-state index in [9.17, 15) is 10.1 Å². The number of anilines is 1. The molecule has 0 spiro atoms. The monoisotopic (exact) mass is 310 g/mol. The van der Waals surface area contributed by atoms with E-state index in [-0.39, 0.29) is 10.6 Å². The molecule has 1 N–H and O–H groups in total. The minimum absolute atomic E-state index is 0.0786. The first kappa shape index (κ1) is 14.7. The molecule has 0 unspecified atom stereocenters. The number of aromatic nitrogens is 2. The Labute approximate surface area is 124 Å². The molecule has 106 valence electrons. The highest BCUT2D eigenvalue weighted by atomic mass is 32.2. The lowest BCUT2D eigenvalue weighted by molar-refractivity contribution is -0.385. The molecule has 0 aliphatic carbocycles. The molecule has 0 saturated carbocycles. The molecule has 0 aliphatic rings. The van der Waals surface area contributed by atoms with Crippen LogP contribution in [0.25, 0.3) is 0 Å². The summed E-state index contributed by atoms with van der Waals surface area (Å²) >= 11 is 2.86. The molecule has 0 atom stereocenters. The van der Waals surface area contributed by atoms with Crippen LogP contribution < -0.4 is 5.32 Å². The van der Waals surface area contributed by atoms with Gasteiger partial charge in [-0.1, -0.05) is 30.0 Å². The van der Waals surface area contributed by atoms with Crippen LogP contribution in [0.5, 0.6) is 0 Å². The van der Waals surface area contributed by atoms with E-state index in [1.807, 2.05) is 19.9 Å². The van der Waals surface area contributed by atoms with Crippen molar-refractivity contribution < 1.29 is 4.92 Å². The van der Waals surface area contributed by atoms with Gasteiger partial charge in [0.25, 0.3) is 5.69 Å². The number of nitro benzene ring substituents is 1. The van der Waals surface area contributed by atoms with Crippen molar-refractivity contribution in [3.63, 3.8) is 0 Å². The fraction of sp³-hybridized carbons (Fsp3) is 0.333. The van der Waals surface area contributed by atoms with Gasteiger partial charge in [0.05, 0.1) is 4.92 Å². The standard InChI is InChI=1S/C12H14N4O2S2/c1-3-4-13-9-5-10(16(17)18)7-11(6-9)20-12-15-14-8(2)19-12/h5-7,13H,3-4H2,1-2H3. The predicted octanol–water partition coefficient (Wildman–Crippen LogP) is 3.73. The van der Waals surface area contributed by atoms with Gasteiger partial charge in [-0.05, 0) is 19.4 Å². The maximum absolute atomic E-state index is 11.0. The summed E-state index contributed by atoms with van der Waals surface area (Å²) in [6, 6.07) is 4.99. The van der Waals surface area contributed by atoms with E-state index in [2.05, 4.69) is 15.5 Å². The third-order valence-corrected chi connectivity index (χ3v) is 4.25. The maximum Gasteiger partial charge on any atom is 0.272 e. The summed E-state index contributed by atoms with van der Waals surface area (Å²) in [4.78, 5) is 11.4. The highest BCUT2D eigenvalue weighted by molar-refractivity contribution is 8.01. The Bertz CT molecular complexity index is 615. The van der Waals surface area contributed by atoms with Gasteiger partial charge in [-0.15, -0.1) is 10.2 Å². The van der Waals surface area contributed by atoms with Gasteiger partial charge in [-0.3, -0.25) is 10.1 Å². The fourth-order valence-corrected chi connectivity index (χ4v) is 3.42. The van der Waals surface area contributed by atoms with Gasteiger partial charge in [0.1, 0.15) is 5.01 Å². The first-order valence-corrected chi connectivity index (χ1v) is 7.73. The summed E-state index contributed by atoms with van der Waals surface area (Å²) in [5.41, 5.74) is 0.833. The van der Waals surface area contributed by atoms with Gasteiger partial charge < -0.3 is 5.32 Å². The average Bonchev–Trinajstić information content (AvgIpc) is 2.81. The molecule has 1 aromatic heterocycles. The number of rotatable bonds is 6. The van der Waals surface area contributed by atoms with Crippen molar-refractivity contribution in [2.24, 2.45) is 0 Å².